The van der Waals surface area contributed by atoms with Gasteiger partial charge in [0.15, 0.2) is 5.82 Å². The first-order valence-corrected chi connectivity index (χ1v) is 5.74. The summed E-state index contributed by atoms with van der Waals surface area (Å²) in [6.07, 6.45) is 0. The Kier molecular flexibility index (Phi) is 5.65. The minimum Gasteiger partial charge on any atom is -0.382 e. The molecular formula is C12H18F2N4O. The number of hydrogen-bond donors (Lipinski definition) is 3. The van der Waals surface area contributed by atoms with Gasteiger partial charge in [-0.05, 0) is 25.5 Å². The fraction of sp³-hybridized carbons (Fsp3) is 0.417. The van der Waals surface area contributed by atoms with Crippen molar-refractivity contribution in [3.8, 4) is 0 Å². The molecule has 1 atom stereocenters. The third-order valence-electron chi connectivity index (χ3n) is 2.42. The minimum absolute atomic E-state index is 0.0629. The Labute approximate surface area is 110 Å². The van der Waals surface area contributed by atoms with Crippen molar-refractivity contribution in [3.05, 3.63) is 29.3 Å². The van der Waals surface area contributed by atoms with Gasteiger partial charge in [0.2, 0.25) is 5.96 Å². The molecule has 0 saturated carbocycles. The van der Waals surface area contributed by atoms with Crippen LogP contribution in [0.2, 0.25) is 0 Å². The summed E-state index contributed by atoms with van der Waals surface area (Å²) in [6, 6.07) is 2.32. The molecule has 0 fully saturated rings. The van der Waals surface area contributed by atoms with E-state index in [-0.39, 0.29) is 17.7 Å². The Balaban J connectivity index is 2.96. The number of nitrogens with zero attached hydrogens (tertiary/aromatic N) is 1. The fourth-order valence-electron chi connectivity index (χ4n) is 1.49. The molecule has 0 amide bonds. The number of hydrazine groups is 1. The third-order valence-corrected chi connectivity index (χ3v) is 2.42. The van der Waals surface area contributed by atoms with Gasteiger partial charge in [-0.3, -0.25) is 5.43 Å². The van der Waals surface area contributed by atoms with Gasteiger partial charge in [0.25, 0.3) is 0 Å². The second-order valence-electron chi connectivity index (χ2n) is 4.10. The molecule has 19 heavy (non-hydrogen) atoms. The van der Waals surface area contributed by atoms with E-state index in [1.165, 1.54) is 19.2 Å². The van der Waals surface area contributed by atoms with E-state index in [0.29, 0.717) is 12.2 Å². The zero-order valence-corrected chi connectivity index (χ0v) is 11.1. The Morgan fingerprint density at radius 3 is 2.74 bits per heavy atom. The van der Waals surface area contributed by atoms with E-state index in [0.717, 1.165) is 0 Å². The second-order valence-corrected chi connectivity index (χ2v) is 4.10. The van der Waals surface area contributed by atoms with E-state index in [1.807, 2.05) is 0 Å². The van der Waals surface area contributed by atoms with Gasteiger partial charge in [0.1, 0.15) is 11.5 Å². The maximum absolute atomic E-state index is 13.8. The van der Waals surface area contributed by atoms with Crippen molar-refractivity contribution in [2.45, 2.75) is 19.9 Å². The smallest absolute Gasteiger partial charge is 0.210 e. The monoisotopic (exact) mass is 272 g/mol. The number of methoxy groups -OCH3 is 1. The molecule has 0 aliphatic rings. The molecule has 1 aromatic rings. The van der Waals surface area contributed by atoms with Crippen molar-refractivity contribution in [1.29, 1.82) is 0 Å². The number of aliphatic imine (C=N–C) groups is 1. The molecule has 7 heteroatoms. The zero-order valence-electron chi connectivity index (χ0n) is 11.1. The topological polar surface area (TPSA) is 71.7 Å². The lowest BCUT2D eigenvalue weighted by Crippen LogP contribution is -2.38. The van der Waals surface area contributed by atoms with Gasteiger partial charge < -0.3 is 10.1 Å². The highest BCUT2D eigenvalue weighted by molar-refractivity contribution is 5.93. The van der Waals surface area contributed by atoms with Crippen molar-refractivity contribution >= 4 is 11.6 Å². The third kappa shape index (κ3) is 4.15. The van der Waals surface area contributed by atoms with Gasteiger partial charge in [0.05, 0.1) is 12.6 Å². The molecule has 0 aromatic heterocycles. The van der Waals surface area contributed by atoms with Crippen LogP contribution in [0.5, 0.6) is 0 Å². The standard InChI is InChI=1S/C12H18F2N4O/c1-7-4-5-9(13)11(10(7)14)17-12(18-15)16-8(2)6-19-3/h4-5,8H,6,15H2,1-3H3,(H2,16,17,18). The molecule has 0 aliphatic heterocycles. The lowest BCUT2D eigenvalue weighted by Gasteiger charge is -2.14. The van der Waals surface area contributed by atoms with Gasteiger partial charge in [-0.25, -0.2) is 19.6 Å². The van der Waals surface area contributed by atoms with Crippen LogP contribution in [0.3, 0.4) is 0 Å². The molecule has 0 spiro atoms. The molecule has 0 radical (unpaired) electrons. The largest absolute Gasteiger partial charge is 0.382 e. The Morgan fingerprint density at radius 1 is 1.47 bits per heavy atom. The Hall–Kier alpha value is -1.73. The molecule has 1 aromatic carbocycles. The van der Waals surface area contributed by atoms with E-state index < -0.39 is 11.6 Å². The normalized spacial score (nSPS) is 13.3. The van der Waals surface area contributed by atoms with Gasteiger partial charge in [-0.1, -0.05) is 6.07 Å². The quantitative estimate of drug-likeness (QED) is 0.336. The molecular weight excluding hydrogens is 254 g/mol. The number of aryl methyl sites for hydroxylation is 1. The van der Waals surface area contributed by atoms with Crippen molar-refractivity contribution in [1.82, 2.24) is 5.43 Å². The van der Waals surface area contributed by atoms with Gasteiger partial charge in [0, 0.05) is 7.11 Å². The number of hydrogen-bond acceptors (Lipinski definition) is 3. The molecule has 0 saturated heterocycles. The molecule has 0 aliphatic carbocycles. The van der Waals surface area contributed by atoms with Crippen molar-refractivity contribution < 1.29 is 13.5 Å². The molecule has 0 heterocycles. The van der Waals surface area contributed by atoms with Crippen LogP contribution in [-0.4, -0.2) is 25.7 Å². The Bertz CT molecular complexity index is 465. The fourth-order valence-corrected chi connectivity index (χ4v) is 1.49. The van der Waals surface area contributed by atoms with Crippen LogP contribution in [0, 0.1) is 18.6 Å². The molecule has 1 rings (SSSR count). The summed E-state index contributed by atoms with van der Waals surface area (Å²) in [7, 11) is 1.54. The number of nitrogens with two attached hydrogens (primary N) is 1. The lowest BCUT2D eigenvalue weighted by atomic mass is 10.2. The summed E-state index contributed by atoms with van der Waals surface area (Å²) in [4.78, 5) is 4.10. The van der Waals surface area contributed by atoms with Crippen LogP contribution in [0.15, 0.2) is 17.1 Å². The average molecular weight is 272 g/mol. The predicted molar refractivity (Wildman–Crippen MR) is 70.8 cm³/mol. The highest BCUT2D eigenvalue weighted by Crippen LogP contribution is 2.21. The first kappa shape index (κ1) is 15.3. The summed E-state index contributed by atoms with van der Waals surface area (Å²) >= 11 is 0. The van der Waals surface area contributed by atoms with E-state index in [2.05, 4.69) is 15.7 Å². The van der Waals surface area contributed by atoms with Crippen molar-refractivity contribution in [2.75, 3.05) is 19.0 Å². The zero-order chi connectivity index (χ0) is 14.4. The van der Waals surface area contributed by atoms with Crippen LogP contribution in [0.1, 0.15) is 12.5 Å². The summed E-state index contributed by atoms with van der Waals surface area (Å²) in [5.41, 5.74) is 2.30. The summed E-state index contributed by atoms with van der Waals surface area (Å²) in [5.74, 6) is 3.94. The number of ether oxygens (including phenoxy) is 1. The predicted octanol–water partition coefficient (Wildman–Crippen LogP) is 1.54. The maximum Gasteiger partial charge on any atom is 0.210 e. The number of rotatable bonds is 4. The first-order chi connectivity index (χ1) is 8.99. The number of halogens is 2. The summed E-state index contributed by atoms with van der Waals surface area (Å²) in [6.45, 7) is 3.69. The van der Waals surface area contributed by atoms with Gasteiger partial charge >= 0.3 is 0 Å². The highest BCUT2D eigenvalue weighted by atomic mass is 19.1. The van der Waals surface area contributed by atoms with Gasteiger partial charge in [-0.2, -0.15) is 0 Å². The summed E-state index contributed by atoms with van der Waals surface area (Å²) in [5, 5.41) is 2.50. The van der Waals surface area contributed by atoms with Crippen molar-refractivity contribution in [2.24, 2.45) is 10.8 Å². The van der Waals surface area contributed by atoms with Crippen LogP contribution in [-0.2, 0) is 4.74 Å². The number of nitrogens with one attached hydrogen (secondary N) is 2. The lowest BCUT2D eigenvalue weighted by molar-refractivity contribution is 0.185. The SMILES string of the molecule is COCC(C)N=C(NN)Nc1c(F)ccc(C)c1F. The first-order valence-electron chi connectivity index (χ1n) is 5.74. The minimum atomic E-state index is -0.717. The van der Waals surface area contributed by atoms with Crippen LogP contribution >= 0.6 is 0 Å². The van der Waals surface area contributed by atoms with Gasteiger partial charge in [-0.15, -0.1) is 0 Å². The van der Waals surface area contributed by atoms with Crippen LogP contribution < -0.4 is 16.6 Å². The maximum atomic E-state index is 13.8. The highest BCUT2D eigenvalue weighted by Gasteiger charge is 2.13. The number of anilines is 1. The van der Waals surface area contributed by atoms with E-state index >= 15 is 0 Å². The molecule has 106 valence electrons. The molecule has 0 bridgehead atoms. The van der Waals surface area contributed by atoms with Crippen LogP contribution in [0.25, 0.3) is 0 Å². The summed E-state index contributed by atoms with van der Waals surface area (Å²) < 4.78 is 32.3. The molecule has 5 nitrogen and oxygen atoms in total. The molecule has 4 N–H and O–H groups in total. The van der Waals surface area contributed by atoms with E-state index in [1.54, 1.807) is 13.8 Å². The molecule has 1 unspecified atom stereocenters. The van der Waals surface area contributed by atoms with E-state index in [9.17, 15) is 8.78 Å². The number of benzene rings is 1. The van der Waals surface area contributed by atoms with Crippen LogP contribution in [0.4, 0.5) is 14.5 Å². The van der Waals surface area contributed by atoms with E-state index in [4.69, 9.17) is 10.6 Å². The number of guanidine groups is 1. The second kappa shape index (κ2) is 7.01. The average Bonchev–Trinajstić information content (AvgIpc) is 2.38. The van der Waals surface area contributed by atoms with Crippen molar-refractivity contribution in [3.63, 3.8) is 0 Å². The Morgan fingerprint density at radius 2 is 2.16 bits per heavy atom.